The van der Waals surface area contributed by atoms with Crippen LogP contribution in [0.15, 0.2) is 17.2 Å². The lowest BCUT2D eigenvalue weighted by molar-refractivity contribution is -0.137. The third-order valence-electron chi connectivity index (χ3n) is 1.69. The van der Waals surface area contributed by atoms with E-state index >= 15 is 0 Å². The Hall–Kier alpha value is -1.46. The number of hydrogen-bond donors (Lipinski definition) is 0. The van der Waals surface area contributed by atoms with Gasteiger partial charge in [0.25, 0.3) is 0 Å². The summed E-state index contributed by atoms with van der Waals surface area (Å²) in [6, 6.07) is 1.71. The zero-order valence-corrected chi connectivity index (χ0v) is 8.63. The molecule has 0 spiro atoms. The SMILES string of the molecule is [N-]=[N+]=NCc1cc(C(F)(F)F)cc(CCl)n1. The highest BCUT2D eigenvalue weighted by atomic mass is 35.5. The van der Waals surface area contributed by atoms with Crippen molar-refractivity contribution in [3.63, 3.8) is 0 Å². The zero-order chi connectivity index (χ0) is 12.2. The van der Waals surface area contributed by atoms with E-state index in [4.69, 9.17) is 17.1 Å². The van der Waals surface area contributed by atoms with Crippen molar-refractivity contribution in [1.82, 2.24) is 4.98 Å². The smallest absolute Gasteiger partial charge is 0.256 e. The molecule has 0 fully saturated rings. The molecule has 0 saturated heterocycles. The highest BCUT2D eigenvalue weighted by molar-refractivity contribution is 6.16. The number of nitrogens with zero attached hydrogens (tertiary/aromatic N) is 4. The number of pyridine rings is 1. The maximum atomic E-state index is 12.4. The van der Waals surface area contributed by atoms with Crippen LogP contribution in [-0.4, -0.2) is 4.98 Å². The van der Waals surface area contributed by atoms with E-state index in [0.717, 1.165) is 12.1 Å². The summed E-state index contributed by atoms with van der Waals surface area (Å²) in [5, 5.41) is 3.15. The fourth-order valence-electron chi connectivity index (χ4n) is 1.07. The first-order valence-corrected chi connectivity index (χ1v) is 4.64. The van der Waals surface area contributed by atoms with E-state index in [9.17, 15) is 13.2 Å². The molecule has 16 heavy (non-hydrogen) atoms. The molecule has 1 rings (SSSR count). The minimum absolute atomic E-state index is 0.0447. The van der Waals surface area contributed by atoms with Gasteiger partial charge in [-0.05, 0) is 17.7 Å². The van der Waals surface area contributed by atoms with Gasteiger partial charge in [-0.25, -0.2) is 0 Å². The first-order valence-electron chi connectivity index (χ1n) is 4.11. The number of halogens is 4. The van der Waals surface area contributed by atoms with Crippen molar-refractivity contribution in [2.75, 3.05) is 0 Å². The van der Waals surface area contributed by atoms with Gasteiger partial charge in [-0.2, -0.15) is 13.2 Å². The number of azide groups is 1. The van der Waals surface area contributed by atoms with Crippen molar-refractivity contribution in [3.05, 3.63) is 39.5 Å². The minimum atomic E-state index is -4.46. The van der Waals surface area contributed by atoms with Crippen LogP contribution in [-0.2, 0) is 18.6 Å². The predicted molar refractivity (Wildman–Crippen MR) is 51.6 cm³/mol. The monoisotopic (exact) mass is 250 g/mol. The number of alkyl halides is 4. The number of hydrogen-bond acceptors (Lipinski definition) is 2. The molecule has 0 aliphatic rings. The molecule has 0 atom stereocenters. The van der Waals surface area contributed by atoms with Gasteiger partial charge in [0.2, 0.25) is 0 Å². The fraction of sp³-hybridized carbons (Fsp3) is 0.375. The van der Waals surface area contributed by atoms with Crippen molar-refractivity contribution in [1.29, 1.82) is 0 Å². The molecule has 0 aliphatic carbocycles. The third kappa shape index (κ3) is 3.29. The molecule has 0 saturated carbocycles. The van der Waals surface area contributed by atoms with Crippen LogP contribution in [0.25, 0.3) is 10.4 Å². The fourth-order valence-corrected chi connectivity index (χ4v) is 1.20. The summed E-state index contributed by atoms with van der Waals surface area (Å²) >= 11 is 5.42. The lowest BCUT2D eigenvalue weighted by Crippen LogP contribution is -2.08. The Morgan fingerprint density at radius 3 is 2.50 bits per heavy atom. The lowest BCUT2D eigenvalue weighted by atomic mass is 10.2. The Morgan fingerprint density at radius 1 is 1.38 bits per heavy atom. The molecule has 4 nitrogen and oxygen atoms in total. The Morgan fingerprint density at radius 2 is 2.00 bits per heavy atom. The van der Waals surface area contributed by atoms with Crippen molar-refractivity contribution >= 4 is 11.6 Å². The van der Waals surface area contributed by atoms with E-state index in [2.05, 4.69) is 15.0 Å². The van der Waals surface area contributed by atoms with Gasteiger partial charge in [-0.1, -0.05) is 5.11 Å². The molecule has 0 aromatic carbocycles. The molecule has 0 amide bonds. The molecule has 0 N–H and O–H groups in total. The van der Waals surface area contributed by atoms with E-state index in [1.807, 2.05) is 0 Å². The maximum Gasteiger partial charge on any atom is 0.416 e. The van der Waals surface area contributed by atoms with Crippen LogP contribution in [0, 0.1) is 0 Å². The summed E-state index contributed by atoms with van der Waals surface area (Å²) in [5.41, 5.74) is 7.36. The Bertz CT molecular complexity index is 426. The summed E-state index contributed by atoms with van der Waals surface area (Å²) in [6.07, 6.45) is -4.46. The third-order valence-corrected chi connectivity index (χ3v) is 1.97. The largest absolute Gasteiger partial charge is 0.416 e. The molecule has 0 radical (unpaired) electrons. The second-order valence-electron chi connectivity index (χ2n) is 2.86. The highest BCUT2D eigenvalue weighted by Crippen LogP contribution is 2.30. The summed E-state index contributed by atoms with van der Waals surface area (Å²) in [5.74, 6) is -0.132. The van der Waals surface area contributed by atoms with E-state index in [1.165, 1.54) is 0 Å². The quantitative estimate of drug-likeness (QED) is 0.349. The number of aromatic nitrogens is 1. The van der Waals surface area contributed by atoms with Gasteiger partial charge in [-0.15, -0.1) is 11.6 Å². The van der Waals surface area contributed by atoms with E-state index in [-0.39, 0.29) is 23.8 Å². The summed E-state index contributed by atoms with van der Waals surface area (Å²) < 4.78 is 37.3. The van der Waals surface area contributed by atoms with Crippen LogP contribution in [0.5, 0.6) is 0 Å². The van der Waals surface area contributed by atoms with Gasteiger partial charge in [-0.3, -0.25) is 4.98 Å². The second kappa shape index (κ2) is 5.05. The predicted octanol–water partition coefficient (Wildman–Crippen LogP) is 3.65. The topological polar surface area (TPSA) is 61.7 Å². The van der Waals surface area contributed by atoms with E-state index in [0.29, 0.717) is 0 Å². The van der Waals surface area contributed by atoms with Gasteiger partial charge < -0.3 is 0 Å². The first-order chi connectivity index (χ1) is 7.47. The molecule has 86 valence electrons. The zero-order valence-electron chi connectivity index (χ0n) is 7.87. The highest BCUT2D eigenvalue weighted by Gasteiger charge is 2.31. The van der Waals surface area contributed by atoms with Gasteiger partial charge in [0.1, 0.15) is 0 Å². The van der Waals surface area contributed by atoms with Gasteiger partial charge in [0, 0.05) is 10.6 Å². The second-order valence-corrected chi connectivity index (χ2v) is 3.13. The van der Waals surface area contributed by atoms with Gasteiger partial charge >= 0.3 is 6.18 Å². The van der Waals surface area contributed by atoms with Crippen molar-refractivity contribution in [2.24, 2.45) is 5.11 Å². The molecule has 0 aliphatic heterocycles. The van der Waals surface area contributed by atoms with Crippen molar-refractivity contribution in [3.8, 4) is 0 Å². The molecule has 8 heteroatoms. The van der Waals surface area contributed by atoms with Crippen LogP contribution in [0.1, 0.15) is 17.0 Å². The van der Waals surface area contributed by atoms with Gasteiger partial charge in [0.05, 0.1) is 23.7 Å². The first kappa shape index (κ1) is 12.6. The maximum absolute atomic E-state index is 12.4. The van der Waals surface area contributed by atoms with E-state index < -0.39 is 11.7 Å². The molecule has 0 unspecified atom stereocenters. The standard InChI is InChI=1S/C8H6ClF3N4/c9-3-6-1-5(8(10,11)12)2-7(15-6)4-14-16-13/h1-2H,3-4H2. The molecular formula is C8H6ClF3N4. The van der Waals surface area contributed by atoms with Crippen LogP contribution in [0.3, 0.4) is 0 Å². The molecule has 1 aromatic heterocycles. The minimum Gasteiger partial charge on any atom is -0.256 e. The van der Waals surface area contributed by atoms with Crippen molar-refractivity contribution < 1.29 is 13.2 Å². The summed E-state index contributed by atoms with van der Waals surface area (Å²) in [6.45, 7) is -0.232. The summed E-state index contributed by atoms with van der Waals surface area (Å²) in [7, 11) is 0. The van der Waals surface area contributed by atoms with Crippen molar-refractivity contribution in [2.45, 2.75) is 18.6 Å². The van der Waals surface area contributed by atoms with Crippen LogP contribution in [0.4, 0.5) is 13.2 Å². The average molecular weight is 251 g/mol. The van der Waals surface area contributed by atoms with Gasteiger partial charge in [0.15, 0.2) is 0 Å². The summed E-state index contributed by atoms with van der Waals surface area (Å²) in [4.78, 5) is 6.26. The molecule has 1 heterocycles. The molecule has 0 bridgehead atoms. The van der Waals surface area contributed by atoms with Crippen LogP contribution in [0.2, 0.25) is 0 Å². The number of rotatable bonds is 3. The normalized spacial score (nSPS) is 11.0. The molecular weight excluding hydrogens is 245 g/mol. The lowest BCUT2D eigenvalue weighted by Gasteiger charge is -2.09. The Balaban J connectivity index is 3.15. The Labute approximate surface area is 93.7 Å². The van der Waals surface area contributed by atoms with Crippen LogP contribution < -0.4 is 0 Å². The van der Waals surface area contributed by atoms with E-state index in [1.54, 1.807) is 0 Å². The van der Waals surface area contributed by atoms with Crippen LogP contribution >= 0.6 is 11.6 Å². The Kier molecular flexibility index (Phi) is 3.98. The average Bonchev–Trinajstić information content (AvgIpc) is 2.24. The molecule has 1 aromatic rings.